The maximum absolute atomic E-state index is 6.12. The Bertz CT molecular complexity index is 510. The highest BCUT2D eigenvalue weighted by Crippen LogP contribution is 2.36. The van der Waals surface area contributed by atoms with Gasteiger partial charge in [-0.2, -0.15) is 0 Å². The molecule has 0 N–H and O–H groups in total. The average molecular weight is 301 g/mol. The van der Waals surface area contributed by atoms with E-state index in [-0.39, 0.29) is 18.3 Å². The predicted octanol–water partition coefficient (Wildman–Crippen LogP) is 3.14. The van der Waals surface area contributed by atoms with E-state index in [0.29, 0.717) is 6.04 Å². The lowest BCUT2D eigenvalue weighted by Crippen LogP contribution is -2.41. The minimum Gasteiger partial charge on any atom is -0.399 e. The molecule has 3 nitrogen and oxygen atoms in total. The molecule has 0 amide bonds. The second-order valence-corrected chi connectivity index (χ2v) is 7.75. The molecule has 120 valence electrons. The molecule has 2 fully saturated rings. The smallest absolute Gasteiger partial charge is 0.399 e. The van der Waals surface area contributed by atoms with Crippen LogP contribution in [0.5, 0.6) is 0 Å². The third-order valence-electron chi connectivity index (χ3n) is 5.62. The molecular formula is C18H28BNO2. The second-order valence-electron chi connectivity index (χ2n) is 7.75. The first-order chi connectivity index (χ1) is 10.3. The van der Waals surface area contributed by atoms with Gasteiger partial charge in [-0.25, -0.2) is 0 Å². The van der Waals surface area contributed by atoms with Crippen LogP contribution in [0.2, 0.25) is 0 Å². The molecule has 2 saturated heterocycles. The van der Waals surface area contributed by atoms with Crippen molar-refractivity contribution < 1.29 is 9.31 Å². The van der Waals surface area contributed by atoms with Gasteiger partial charge in [0.05, 0.1) is 11.2 Å². The van der Waals surface area contributed by atoms with Crippen LogP contribution in [0.25, 0.3) is 0 Å². The molecule has 3 rings (SSSR count). The summed E-state index contributed by atoms with van der Waals surface area (Å²) in [6.07, 6.45) is 3.90. The van der Waals surface area contributed by atoms with Crippen LogP contribution in [0.3, 0.4) is 0 Å². The molecule has 2 heterocycles. The predicted molar refractivity (Wildman–Crippen MR) is 91.4 cm³/mol. The maximum atomic E-state index is 6.12. The summed E-state index contributed by atoms with van der Waals surface area (Å²) in [5.41, 5.74) is 1.96. The minimum atomic E-state index is -0.278. The summed E-state index contributed by atoms with van der Waals surface area (Å²) in [4.78, 5) is 2.47. The Morgan fingerprint density at radius 1 is 1.00 bits per heavy atom. The Hall–Kier alpha value is -0.835. The zero-order chi connectivity index (χ0) is 16.0. The molecule has 4 heteroatoms. The molecule has 2 aliphatic heterocycles. The number of likely N-dealkylation sites (tertiary alicyclic amines) is 1. The Morgan fingerprint density at radius 2 is 1.59 bits per heavy atom. The van der Waals surface area contributed by atoms with Crippen LogP contribution in [-0.2, 0) is 9.31 Å². The monoisotopic (exact) mass is 301 g/mol. The zero-order valence-corrected chi connectivity index (χ0v) is 14.6. The van der Waals surface area contributed by atoms with E-state index in [9.17, 15) is 0 Å². The van der Waals surface area contributed by atoms with Crippen molar-refractivity contribution in [2.45, 2.75) is 64.2 Å². The normalized spacial score (nSPS) is 28.0. The number of benzene rings is 1. The fourth-order valence-corrected chi connectivity index (χ4v) is 3.35. The van der Waals surface area contributed by atoms with E-state index in [0.717, 1.165) is 5.46 Å². The second kappa shape index (κ2) is 5.66. The third-order valence-corrected chi connectivity index (χ3v) is 5.62. The van der Waals surface area contributed by atoms with Gasteiger partial charge in [0.2, 0.25) is 0 Å². The number of hydrogen-bond donors (Lipinski definition) is 0. The fourth-order valence-electron chi connectivity index (χ4n) is 3.35. The first kappa shape index (κ1) is 16.0. The van der Waals surface area contributed by atoms with Crippen LogP contribution >= 0.6 is 0 Å². The molecule has 1 atom stereocenters. The van der Waals surface area contributed by atoms with Gasteiger partial charge in [-0.3, -0.25) is 4.90 Å². The van der Waals surface area contributed by atoms with Crippen molar-refractivity contribution in [3.63, 3.8) is 0 Å². The van der Waals surface area contributed by atoms with Gasteiger partial charge in [-0.15, -0.1) is 0 Å². The molecule has 0 unspecified atom stereocenters. The molecule has 2 aliphatic rings. The largest absolute Gasteiger partial charge is 0.494 e. The molecule has 1 aromatic carbocycles. The summed E-state index contributed by atoms with van der Waals surface area (Å²) in [7, 11) is 1.97. The maximum Gasteiger partial charge on any atom is 0.494 e. The van der Waals surface area contributed by atoms with Gasteiger partial charge in [-0.05, 0) is 65.2 Å². The fraction of sp³-hybridized carbons (Fsp3) is 0.667. The molecule has 0 aliphatic carbocycles. The first-order valence-corrected chi connectivity index (χ1v) is 8.46. The highest BCUT2D eigenvalue weighted by atomic mass is 16.7. The standard InChI is InChI=1S/C18H28BNO2/c1-17(2)18(3,4)22-19(21-17)15-11-9-14(10-12-15)16-8-6-7-13-20(16)5/h9-12,16H,6-8,13H2,1-5H3/t16-/m1/s1. The van der Waals surface area contributed by atoms with Crippen molar-refractivity contribution in [3.8, 4) is 0 Å². The molecular weight excluding hydrogens is 273 g/mol. The number of hydrogen-bond acceptors (Lipinski definition) is 3. The van der Waals surface area contributed by atoms with Crippen molar-refractivity contribution in [2.75, 3.05) is 13.6 Å². The third kappa shape index (κ3) is 2.84. The van der Waals surface area contributed by atoms with Gasteiger partial charge in [0.25, 0.3) is 0 Å². The van der Waals surface area contributed by atoms with E-state index in [4.69, 9.17) is 9.31 Å². The van der Waals surface area contributed by atoms with Crippen molar-refractivity contribution in [2.24, 2.45) is 0 Å². The molecule has 1 aromatic rings. The lowest BCUT2D eigenvalue weighted by atomic mass is 9.78. The Balaban J connectivity index is 1.75. The van der Waals surface area contributed by atoms with Crippen LogP contribution in [0, 0.1) is 0 Å². The van der Waals surface area contributed by atoms with Crippen molar-refractivity contribution in [1.29, 1.82) is 0 Å². The van der Waals surface area contributed by atoms with E-state index in [1.54, 1.807) is 0 Å². The van der Waals surface area contributed by atoms with Gasteiger partial charge in [-0.1, -0.05) is 30.7 Å². The summed E-state index contributed by atoms with van der Waals surface area (Å²) in [6, 6.07) is 9.38. The average Bonchev–Trinajstić information content (AvgIpc) is 2.68. The molecule has 22 heavy (non-hydrogen) atoms. The highest BCUT2D eigenvalue weighted by Gasteiger charge is 2.51. The first-order valence-electron chi connectivity index (χ1n) is 8.46. The zero-order valence-electron chi connectivity index (χ0n) is 14.6. The van der Waals surface area contributed by atoms with Gasteiger partial charge in [0.1, 0.15) is 0 Å². The van der Waals surface area contributed by atoms with E-state index in [1.165, 1.54) is 31.4 Å². The van der Waals surface area contributed by atoms with Gasteiger partial charge >= 0.3 is 7.12 Å². The van der Waals surface area contributed by atoms with Crippen LogP contribution in [0.15, 0.2) is 24.3 Å². The number of piperidine rings is 1. The molecule has 0 spiro atoms. The van der Waals surface area contributed by atoms with Crippen molar-refractivity contribution in [3.05, 3.63) is 29.8 Å². The molecule has 0 bridgehead atoms. The Morgan fingerprint density at radius 3 is 2.14 bits per heavy atom. The van der Waals surface area contributed by atoms with Crippen LogP contribution in [0.1, 0.15) is 58.6 Å². The van der Waals surface area contributed by atoms with Crippen LogP contribution in [0.4, 0.5) is 0 Å². The summed E-state index contributed by atoms with van der Waals surface area (Å²) in [5, 5.41) is 0. The van der Waals surface area contributed by atoms with E-state index < -0.39 is 0 Å². The number of rotatable bonds is 2. The van der Waals surface area contributed by atoms with Gasteiger partial charge in [0, 0.05) is 6.04 Å². The summed E-state index contributed by atoms with van der Waals surface area (Å²) < 4.78 is 12.2. The summed E-state index contributed by atoms with van der Waals surface area (Å²) >= 11 is 0. The minimum absolute atomic E-state index is 0.261. The number of nitrogens with zero attached hydrogens (tertiary/aromatic N) is 1. The summed E-state index contributed by atoms with van der Waals surface area (Å²) in [5.74, 6) is 0. The lowest BCUT2D eigenvalue weighted by Gasteiger charge is -2.32. The molecule has 0 radical (unpaired) electrons. The molecule has 0 saturated carbocycles. The summed E-state index contributed by atoms with van der Waals surface area (Å²) in [6.45, 7) is 9.58. The van der Waals surface area contributed by atoms with E-state index in [2.05, 4.69) is 63.9 Å². The lowest BCUT2D eigenvalue weighted by molar-refractivity contribution is 0.00578. The van der Waals surface area contributed by atoms with Crippen molar-refractivity contribution in [1.82, 2.24) is 4.90 Å². The molecule has 0 aromatic heterocycles. The topological polar surface area (TPSA) is 21.7 Å². The quantitative estimate of drug-likeness (QED) is 0.783. The SMILES string of the molecule is CN1CCCC[C@@H]1c1ccc(B2OC(C)(C)C(C)(C)O2)cc1. The van der Waals surface area contributed by atoms with Crippen molar-refractivity contribution >= 4 is 12.6 Å². The Kier molecular flexibility index (Phi) is 4.13. The Labute approximate surface area is 135 Å². The van der Waals surface area contributed by atoms with Crippen LogP contribution in [-0.4, -0.2) is 36.8 Å². The van der Waals surface area contributed by atoms with E-state index >= 15 is 0 Å². The van der Waals surface area contributed by atoms with Crippen LogP contribution < -0.4 is 5.46 Å². The highest BCUT2D eigenvalue weighted by molar-refractivity contribution is 6.62. The van der Waals surface area contributed by atoms with E-state index in [1.807, 2.05) is 0 Å². The van der Waals surface area contributed by atoms with Gasteiger partial charge in [0.15, 0.2) is 0 Å². The van der Waals surface area contributed by atoms with Gasteiger partial charge < -0.3 is 9.31 Å².